The maximum atomic E-state index is 11.7. The van der Waals surface area contributed by atoms with E-state index in [1.54, 1.807) is 24.4 Å². The Kier molecular flexibility index (Phi) is 5.83. The van der Waals surface area contributed by atoms with Crippen LogP contribution in [0.1, 0.15) is 26.5 Å². The first-order valence-corrected chi connectivity index (χ1v) is 7.48. The number of carbonyl (C=O) groups is 3. The van der Waals surface area contributed by atoms with Crippen LogP contribution in [0.3, 0.4) is 0 Å². The van der Waals surface area contributed by atoms with Crippen molar-refractivity contribution in [3.8, 4) is 11.3 Å². The number of halogens is 3. The van der Waals surface area contributed by atoms with Crippen LogP contribution in [0, 0.1) is 0 Å². The monoisotopic (exact) mass is 385 g/mol. The number of fused-ring (bicyclic) bond motifs is 1. The van der Waals surface area contributed by atoms with E-state index in [2.05, 4.69) is 20.0 Å². The normalized spacial score (nSPS) is 13.0. The van der Waals surface area contributed by atoms with Gasteiger partial charge in [0.25, 0.3) is 5.91 Å². The zero-order chi connectivity index (χ0) is 20.2. The van der Waals surface area contributed by atoms with Crippen molar-refractivity contribution in [2.45, 2.75) is 12.6 Å². The zero-order valence-electron chi connectivity index (χ0n) is 13.9. The van der Waals surface area contributed by atoms with Crippen LogP contribution in [0.2, 0.25) is 0 Å². The number of carboxylic acid groups (broad SMARTS) is 1. The summed E-state index contributed by atoms with van der Waals surface area (Å²) in [5.74, 6) is -3.32. The van der Waals surface area contributed by atoms with E-state index in [-0.39, 0.29) is 11.6 Å². The van der Waals surface area contributed by atoms with Crippen molar-refractivity contribution < 1.29 is 37.4 Å². The van der Waals surface area contributed by atoms with E-state index in [1.165, 1.54) is 7.11 Å². The summed E-state index contributed by atoms with van der Waals surface area (Å²) in [4.78, 5) is 39.3. The average molecular weight is 385 g/mol. The molecule has 3 rings (SSSR count). The minimum absolute atomic E-state index is 0.0732. The molecule has 2 aromatic heterocycles. The fourth-order valence-electron chi connectivity index (χ4n) is 2.26. The standard InChI is InChI=1S/C14H13N3O3.C2HF3O2/c1-20-14(19)12-6-8(2-4-15-12)11-7-9-10(17-11)3-5-16-13(9)18;3-2(4,5)1(6)7/h2,4,6-7,17H,3,5H2,1H3,(H,16,18);(H,6,7). The van der Waals surface area contributed by atoms with Crippen molar-refractivity contribution in [3.05, 3.63) is 41.3 Å². The summed E-state index contributed by atoms with van der Waals surface area (Å²) in [7, 11) is 1.31. The second-order valence-corrected chi connectivity index (χ2v) is 5.31. The number of aromatic nitrogens is 2. The van der Waals surface area contributed by atoms with Gasteiger partial charge in [0.15, 0.2) is 0 Å². The van der Waals surface area contributed by atoms with Crippen LogP contribution in [-0.4, -0.2) is 52.8 Å². The Morgan fingerprint density at radius 3 is 2.52 bits per heavy atom. The molecule has 0 fully saturated rings. The van der Waals surface area contributed by atoms with Crippen LogP contribution in [0.15, 0.2) is 24.4 Å². The molecule has 1 aliphatic heterocycles. The highest BCUT2D eigenvalue weighted by Crippen LogP contribution is 2.24. The number of aliphatic carboxylic acids is 1. The number of alkyl halides is 3. The van der Waals surface area contributed by atoms with Gasteiger partial charge in [-0.3, -0.25) is 4.79 Å². The van der Waals surface area contributed by atoms with Gasteiger partial charge in [-0.15, -0.1) is 0 Å². The number of carboxylic acids is 1. The summed E-state index contributed by atoms with van der Waals surface area (Å²) in [6.07, 6.45) is -2.77. The van der Waals surface area contributed by atoms with E-state index in [0.29, 0.717) is 12.1 Å². The molecule has 0 saturated heterocycles. The summed E-state index contributed by atoms with van der Waals surface area (Å²) in [5, 5.41) is 9.92. The van der Waals surface area contributed by atoms with E-state index in [0.717, 1.165) is 23.4 Å². The number of ether oxygens (including phenoxy) is 1. The summed E-state index contributed by atoms with van der Waals surface area (Å²) in [6, 6.07) is 5.21. The molecule has 27 heavy (non-hydrogen) atoms. The Balaban J connectivity index is 0.000000321. The predicted octanol–water partition coefficient (Wildman–Crippen LogP) is 1.78. The number of methoxy groups -OCH3 is 1. The summed E-state index contributed by atoms with van der Waals surface area (Å²) < 4.78 is 36.4. The lowest BCUT2D eigenvalue weighted by molar-refractivity contribution is -0.192. The molecule has 0 atom stereocenters. The third-order valence-electron chi connectivity index (χ3n) is 3.51. The highest BCUT2D eigenvalue weighted by Gasteiger charge is 2.38. The van der Waals surface area contributed by atoms with E-state index < -0.39 is 18.1 Å². The maximum absolute atomic E-state index is 11.7. The topological polar surface area (TPSA) is 121 Å². The highest BCUT2D eigenvalue weighted by molar-refractivity contribution is 5.98. The van der Waals surface area contributed by atoms with Crippen LogP contribution in [-0.2, 0) is 16.0 Å². The maximum Gasteiger partial charge on any atom is 0.490 e. The highest BCUT2D eigenvalue weighted by atomic mass is 19.4. The molecule has 8 nitrogen and oxygen atoms in total. The van der Waals surface area contributed by atoms with Gasteiger partial charge in [-0.25, -0.2) is 14.6 Å². The van der Waals surface area contributed by atoms with Crippen LogP contribution in [0.5, 0.6) is 0 Å². The van der Waals surface area contributed by atoms with Crippen molar-refractivity contribution in [2.75, 3.05) is 13.7 Å². The van der Waals surface area contributed by atoms with Gasteiger partial charge in [0.1, 0.15) is 5.69 Å². The van der Waals surface area contributed by atoms with E-state index in [4.69, 9.17) is 9.90 Å². The SMILES string of the molecule is COC(=O)c1cc(-c2cc3c([nH]2)CCNC3=O)ccn1.O=C(O)C(F)(F)F. The van der Waals surface area contributed by atoms with Crippen LogP contribution in [0.25, 0.3) is 11.3 Å². The Morgan fingerprint density at radius 2 is 1.96 bits per heavy atom. The van der Waals surface area contributed by atoms with Crippen molar-refractivity contribution in [3.63, 3.8) is 0 Å². The molecular weight excluding hydrogens is 371 g/mol. The number of aromatic amines is 1. The Hall–Kier alpha value is -3.37. The Labute approximate surface area is 150 Å². The number of nitrogens with zero attached hydrogens (tertiary/aromatic N) is 1. The van der Waals surface area contributed by atoms with Crippen molar-refractivity contribution in [1.82, 2.24) is 15.3 Å². The first-order chi connectivity index (χ1) is 12.6. The molecule has 0 unspecified atom stereocenters. The molecule has 1 aliphatic rings. The smallest absolute Gasteiger partial charge is 0.475 e. The number of hydrogen-bond donors (Lipinski definition) is 3. The lowest BCUT2D eigenvalue weighted by Gasteiger charge is -2.10. The van der Waals surface area contributed by atoms with Crippen molar-refractivity contribution >= 4 is 17.8 Å². The third-order valence-corrected chi connectivity index (χ3v) is 3.51. The first kappa shape index (κ1) is 19.9. The fourth-order valence-corrected chi connectivity index (χ4v) is 2.26. The molecule has 0 bridgehead atoms. The molecule has 144 valence electrons. The second-order valence-electron chi connectivity index (χ2n) is 5.31. The molecule has 1 amide bonds. The van der Waals surface area contributed by atoms with Crippen molar-refractivity contribution in [1.29, 1.82) is 0 Å². The number of pyridine rings is 1. The minimum atomic E-state index is -5.08. The van der Waals surface area contributed by atoms with Gasteiger partial charge in [-0.1, -0.05) is 0 Å². The first-order valence-electron chi connectivity index (χ1n) is 7.48. The number of hydrogen-bond acceptors (Lipinski definition) is 5. The van der Waals surface area contributed by atoms with E-state index >= 15 is 0 Å². The zero-order valence-corrected chi connectivity index (χ0v) is 13.9. The van der Waals surface area contributed by atoms with Gasteiger partial charge in [0.05, 0.1) is 12.7 Å². The van der Waals surface area contributed by atoms with E-state index in [1.807, 2.05) is 0 Å². The van der Waals surface area contributed by atoms with E-state index in [9.17, 15) is 22.8 Å². The van der Waals surface area contributed by atoms with Crippen LogP contribution in [0.4, 0.5) is 13.2 Å². The summed E-state index contributed by atoms with van der Waals surface area (Å²) in [6.45, 7) is 0.634. The molecule has 11 heteroatoms. The quantitative estimate of drug-likeness (QED) is 0.678. The van der Waals surface area contributed by atoms with Gasteiger partial charge >= 0.3 is 18.1 Å². The van der Waals surface area contributed by atoms with Gasteiger partial charge in [-0.2, -0.15) is 13.2 Å². The second kappa shape index (κ2) is 7.89. The van der Waals surface area contributed by atoms with Gasteiger partial charge in [0.2, 0.25) is 0 Å². The number of amides is 1. The largest absolute Gasteiger partial charge is 0.490 e. The van der Waals surface area contributed by atoms with Gasteiger partial charge in [0, 0.05) is 36.1 Å². The minimum Gasteiger partial charge on any atom is -0.475 e. The number of rotatable bonds is 2. The molecule has 0 aliphatic carbocycles. The summed E-state index contributed by atoms with van der Waals surface area (Å²) in [5.41, 5.74) is 3.40. The van der Waals surface area contributed by atoms with Gasteiger partial charge < -0.3 is 20.1 Å². The molecule has 0 radical (unpaired) electrons. The number of carbonyl (C=O) groups excluding carboxylic acids is 2. The fraction of sp³-hybridized carbons (Fsp3) is 0.250. The Bertz CT molecular complexity index is 876. The number of nitrogens with one attached hydrogen (secondary N) is 2. The lowest BCUT2D eigenvalue weighted by atomic mass is 10.1. The lowest BCUT2D eigenvalue weighted by Crippen LogP contribution is -2.31. The average Bonchev–Trinajstić information content (AvgIpc) is 3.06. The molecule has 2 aromatic rings. The van der Waals surface area contributed by atoms with Gasteiger partial charge in [-0.05, 0) is 18.2 Å². The summed E-state index contributed by atoms with van der Waals surface area (Å²) >= 11 is 0. The molecule has 0 aromatic carbocycles. The third kappa shape index (κ3) is 4.84. The molecule has 3 N–H and O–H groups in total. The number of H-pyrrole nitrogens is 1. The molecule has 0 spiro atoms. The Morgan fingerprint density at radius 1 is 1.30 bits per heavy atom. The molecule has 3 heterocycles. The predicted molar refractivity (Wildman–Crippen MR) is 85.1 cm³/mol. The van der Waals surface area contributed by atoms with Crippen molar-refractivity contribution in [2.24, 2.45) is 0 Å². The van der Waals surface area contributed by atoms with Crippen LogP contribution < -0.4 is 5.32 Å². The van der Waals surface area contributed by atoms with Crippen LogP contribution >= 0.6 is 0 Å². The molecular formula is C16H14F3N3O5. The molecule has 0 saturated carbocycles. The number of esters is 1.